The maximum atomic E-state index is 13.8. The average Bonchev–Trinajstić information content (AvgIpc) is 3.04. The highest BCUT2D eigenvalue weighted by molar-refractivity contribution is 6.09. The summed E-state index contributed by atoms with van der Waals surface area (Å²) in [5, 5.41) is 0. The summed E-state index contributed by atoms with van der Waals surface area (Å²) in [7, 11) is 0. The zero-order valence-electron chi connectivity index (χ0n) is 21.6. The molecule has 0 radical (unpaired) electrons. The van der Waals surface area contributed by atoms with Gasteiger partial charge in [0.05, 0.1) is 17.6 Å². The number of hydrogen-bond acceptors (Lipinski definition) is 8. The second kappa shape index (κ2) is 9.55. The van der Waals surface area contributed by atoms with E-state index in [1.165, 1.54) is 18.3 Å². The summed E-state index contributed by atoms with van der Waals surface area (Å²) in [4.78, 5) is 44.2. The molecule has 0 unspecified atom stereocenters. The Hall–Kier alpha value is -3.63. The molecule has 2 amide bonds. The van der Waals surface area contributed by atoms with Gasteiger partial charge in [-0.15, -0.1) is 4.90 Å². The third-order valence-corrected chi connectivity index (χ3v) is 3.96. The van der Waals surface area contributed by atoms with Crippen LogP contribution in [0.15, 0.2) is 24.4 Å². The largest absolute Gasteiger partial charge is 0.443 e. The van der Waals surface area contributed by atoms with Gasteiger partial charge in [-0.25, -0.2) is 28.3 Å². The number of hydrogen-bond donors (Lipinski definition) is 1. The molecule has 35 heavy (non-hydrogen) atoms. The quantitative estimate of drug-likeness (QED) is 0.416. The fourth-order valence-electron chi connectivity index (χ4n) is 2.75. The normalized spacial score (nSPS) is 12.2. The first-order valence-corrected chi connectivity index (χ1v) is 10.9. The lowest BCUT2D eigenvalue weighted by Gasteiger charge is -2.28. The van der Waals surface area contributed by atoms with E-state index in [-0.39, 0.29) is 11.4 Å². The molecule has 1 heterocycles. The first-order valence-electron chi connectivity index (χ1n) is 10.9. The lowest BCUT2D eigenvalue weighted by molar-refractivity contribution is 0.0423. The van der Waals surface area contributed by atoms with Crippen molar-refractivity contribution < 1.29 is 33.0 Å². The predicted octanol–water partition coefficient (Wildman–Crippen LogP) is 5.73. The van der Waals surface area contributed by atoms with Crippen molar-refractivity contribution in [3.63, 3.8) is 0 Å². The van der Waals surface area contributed by atoms with E-state index >= 15 is 0 Å². The third kappa shape index (κ3) is 7.43. The minimum absolute atomic E-state index is 0.0954. The van der Waals surface area contributed by atoms with Crippen LogP contribution >= 0.6 is 0 Å². The van der Waals surface area contributed by atoms with Gasteiger partial charge in [0.1, 0.15) is 22.6 Å². The molecular weight excluding hydrogens is 459 g/mol. The summed E-state index contributed by atoms with van der Waals surface area (Å²) < 4.78 is 31.0. The molecule has 2 aromatic rings. The van der Waals surface area contributed by atoms with E-state index in [0.29, 0.717) is 10.5 Å². The summed E-state index contributed by atoms with van der Waals surface area (Å²) in [5.74, 6) is -1.08. The highest BCUT2D eigenvalue weighted by Gasteiger charge is 2.38. The topological polar surface area (TPSA) is 126 Å². The number of benzene rings is 1. The minimum Gasteiger partial charge on any atom is -0.443 e. The molecule has 1 aromatic carbocycles. The van der Waals surface area contributed by atoms with Gasteiger partial charge in [0, 0.05) is 5.56 Å². The molecule has 192 valence electrons. The lowest BCUT2D eigenvalue weighted by atomic mass is 10.1. The third-order valence-electron chi connectivity index (χ3n) is 3.96. The van der Waals surface area contributed by atoms with Gasteiger partial charge in [-0.1, -0.05) is 0 Å². The smallest absolute Gasteiger partial charge is 0.427 e. The second-order valence-corrected chi connectivity index (χ2v) is 10.8. The number of anilines is 2. The van der Waals surface area contributed by atoms with E-state index in [9.17, 15) is 18.8 Å². The van der Waals surface area contributed by atoms with Crippen LogP contribution < -0.4 is 10.6 Å². The van der Waals surface area contributed by atoms with Crippen LogP contribution in [0.1, 0.15) is 62.3 Å². The average molecular weight is 493 g/mol. The fraction of sp³-hybridized carbons (Fsp3) is 0.500. The Morgan fingerprint density at radius 3 is 1.80 bits per heavy atom. The number of nitrogens with zero attached hydrogens (tertiary/aromatic N) is 3. The van der Waals surface area contributed by atoms with E-state index in [0.717, 1.165) is 10.6 Å². The first-order chi connectivity index (χ1) is 15.8. The van der Waals surface area contributed by atoms with Gasteiger partial charge >= 0.3 is 18.3 Å². The SMILES string of the molecule is CC(C)(C)OC(=O)N(C(=O)OC(C)(C)C)c1ncc(-c2ccc(F)c(N)c2)n1C(=O)OC(C)(C)C. The van der Waals surface area contributed by atoms with Gasteiger partial charge in [-0.2, -0.15) is 0 Å². The number of carbonyl (C=O) groups is 3. The molecule has 2 N–H and O–H groups in total. The maximum Gasteiger partial charge on any atom is 0.427 e. The van der Waals surface area contributed by atoms with E-state index in [1.54, 1.807) is 62.3 Å². The molecule has 11 heteroatoms. The van der Waals surface area contributed by atoms with Crippen molar-refractivity contribution in [2.75, 3.05) is 10.6 Å². The van der Waals surface area contributed by atoms with Crippen LogP contribution in [0.3, 0.4) is 0 Å². The van der Waals surface area contributed by atoms with Crippen LogP contribution in [0.25, 0.3) is 11.3 Å². The Morgan fingerprint density at radius 1 is 0.886 bits per heavy atom. The summed E-state index contributed by atoms with van der Waals surface area (Å²) in [6, 6.07) is 3.79. The molecule has 0 aliphatic carbocycles. The zero-order valence-corrected chi connectivity index (χ0v) is 21.6. The van der Waals surface area contributed by atoms with Crippen LogP contribution in [-0.4, -0.2) is 44.6 Å². The number of ether oxygens (including phenoxy) is 3. The first kappa shape index (κ1) is 27.6. The van der Waals surface area contributed by atoms with E-state index in [2.05, 4.69) is 4.98 Å². The molecule has 0 fully saturated rings. The number of imidazole rings is 1. The molecule has 0 spiro atoms. The number of nitrogen functional groups attached to an aromatic ring is 1. The number of imide groups is 1. The predicted molar refractivity (Wildman–Crippen MR) is 129 cm³/mol. The number of nitrogens with two attached hydrogens (primary N) is 1. The Bertz CT molecular complexity index is 1090. The summed E-state index contributed by atoms with van der Waals surface area (Å²) in [5.41, 5.74) is 3.04. The van der Waals surface area contributed by atoms with Crippen LogP contribution in [-0.2, 0) is 14.2 Å². The van der Waals surface area contributed by atoms with Crippen molar-refractivity contribution >= 4 is 29.9 Å². The number of halogens is 1. The maximum absolute atomic E-state index is 13.8. The van der Waals surface area contributed by atoms with Crippen molar-refractivity contribution in [2.24, 2.45) is 0 Å². The van der Waals surface area contributed by atoms with Gasteiger partial charge in [0.25, 0.3) is 0 Å². The van der Waals surface area contributed by atoms with Crippen molar-refractivity contribution in [2.45, 2.75) is 79.1 Å². The van der Waals surface area contributed by atoms with Crippen molar-refractivity contribution in [1.82, 2.24) is 9.55 Å². The van der Waals surface area contributed by atoms with Crippen LogP contribution in [0, 0.1) is 5.82 Å². The Kier molecular flexibility index (Phi) is 7.54. The second-order valence-electron chi connectivity index (χ2n) is 10.8. The van der Waals surface area contributed by atoms with Gasteiger partial charge in [0.2, 0.25) is 5.95 Å². The van der Waals surface area contributed by atoms with Crippen molar-refractivity contribution in [3.05, 3.63) is 30.2 Å². The van der Waals surface area contributed by atoms with Gasteiger partial charge in [0.15, 0.2) is 0 Å². The molecule has 10 nitrogen and oxygen atoms in total. The zero-order chi connectivity index (χ0) is 26.9. The van der Waals surface area contributed by atoms with Gasteiger partial charge < -0.3 is 19.9 Å². The molecule has 0 saturated heterocycles. The lowest BCUT2D eigenvalue weighted by Crippen LogP contribution is -2.45. The summed E-state index contributed by atoms with van der Waals surface area (Å²) in [6.07, 6.45) is -1.95. The van der Waals surface area contributed by atoms with Crippen molar-refractivity contribution in [3.8, 4) is 11.3 Å². The Morgan fingerprint density at radius 2 is 1.37 bits per heavy atom. The van der Waals surface area contributed by atoms with Crippen LogP contribution in [0.4, 0.5) is 30.4 Å². The van der Waals surface area contributed by atoms with Crippen molar-refractivity contribution in [1.29, 1.82) is 0 Å². The van der Waals surface area contributed by atoms with Gasteiger partial charge in [-0.05, 0) is 80.5 Å². The molecule has 1 aromatic heterocycles. The molecule has 0 atom stereocenters. The highest BCUT2D eigenvalue weighted by Crippen LogP contribution is 2.30. The fourth-order valence-corrected chi connectivity index (χ4v) is 2.75. The van der Waals surface area contributed by atoms with Crippen LogP contribution in [0.2, 0.25) is 0 Å². The Balaban J connectivity index is 2.77. The molecule has 0 aliphatic heterocycles. The molecule has 0 bridgehead atoms. The summed E-state index contributed by atoms with van der Waals surface area (Å²) in [6.45, 7) is 14.6. The molecule has 0 aliphatic rings. The van der Waals surface area contributed by atoms with Gasteiger partial charge in [-0.3, -0.25) is 0 Å². The molecular formula is C24H33FN4O6. The van der Waals surface area contributed by atoms with E-state index in [4.69, 9.17) is 19.9 Å². The standard InChI is InChI=1S/C24H33FN4O6/c1-22(2,3)33-19(30)28-17(14-10-11-15(25)16(26)12-14)13-27-18(28)29(20(31)34-23(4,5)6)21(32)35-24(7,8)9/h10-13H,26H2,1-9H3. The van der Waals surface area contributed by atoms with E-state index in [1.807, 2.05) is 0 Å². The number of rotatable bonds is 2. The summed E-state index contributed by atoms with van der Waals surface area (Å²) >= 11 is 0. The molecule has 0 saturated carbocycles. The Labute approximate surface area is 204 Å². The van der Waals surface area contributed by atoms with Crippen LogP contribution in [0.5, 0.6) is 0 Å². The monoisotopic (exact) mass is 492 g/mol. The highest BCUT2D eigenvalue weighted by atomic mass is 19.1. The minimum atomic E-state index is -1.12. The molecule has 2 rings (SSSR count). The number of aromatic nitrogens is 2. The van der Waals surface area contributed by atoms with E-state index < -0.39 is 46.8 Å². The number of amides is 2. The number of carbonyl (C=O) groups excluding carboxylic acids is 3.